The number of carbonyl (C=O) groups is 2. The maximum absolute atomic E-state index is 12.6. The highest BCUT2D eigenvalue weighted by atomic mass is 16.5. The summed E-state index contributed by atoms with van der Waals surface area (Å²) in [6.07, 6.45) is 4.75. The lowest BCUT2D eigenvalue weighted by molar-refractivity contribution is -0.127. The molecule has 1 aromatic carbocycles. The van der Waals surface area contributed by atoms with E-state index in [2.05, 4.69) is 5.16 Å². The fraction of sp³-hybridized carbons (Fsp3) is 0.320. The number of benzene rings is 1. The van der Waals surface area contributed by atoms with Crippen LogP contribution in [0.15, 0.2) is 51.6 Å². The Kier molecular flexibility index (Phi) is 7.01. The summed E-state index contributed by atoms with van der Waals surface area (Å²) in [5.41, 5.74) is 2.50. The van der Waals surface area contributed by atoms with Crippen LogP contribution in [0.3, 0.4) is 0 Å². The average molecular weight is 466 g/mol. The van der Waals surface area contributed by atoms with E-state index in [1.165, 1.54) is 12.3 Å². The quantitative estimate of drug-likeness (QED) is 0.493. The lowest BCUT2D eigenvalue weighted by Crippen LogP contribution is -2.50. The molecule has 1 aliphatic rings. The summed E-state index contributed by atoms with van der Waals surface area (Å²) >= 11 is 0. The Morgan fingerprint density at radius 3 is 2.50 bits per heavy atom. The van der Waals surface area contributed by atoms with E-state index in [-0.39, 0.29) is 11.8 Å². The number of methoxy groups -OCH3 is 1. The largest absolute Gasteiger partial charge is 0.493 e. The molecule has 3 aromatic rings. The van der Waals surface area contributed by atoms with Gasteiger partial charge < -0.3 is 28.2 Å². The van der Waals surface area contributed by atoms with Crippen molar-refractivity contribution in [1.82, 2.24) is 15.0 Å². The van der Waals surface area contributed by atoms with Crippen LogP contribution in [0, 0.1) is 13.8 Å². The second-order valence-corrected chi connectivity index (χ2v) is 7.93. The standard InChI is InChI=1S/C25H27N3O6/c1-17-20(18(2)34-26-17)16-33-21-8-6-19(15-23(21)31-3)7-9-24(29)27-10-12-28(13-11-27)25(30)22-5-4-14-32-22/h4-9,14-15H,10-13,16H2,1-3H3. The zero-order valence-corrected chi connectivity index (χ0v) is 19.4. The molecular weight excluding hydrogens is 438 g/mol. The fourth-order valence-corrected chi connectivity index (χ4v) is 3.72. The predicted octanol–water partition coefficient (Wildman–Crippen LogP) is 3.47. The Labute approximate surface area is 197 Å². The number of piperazine rings is 1. The molecule has 0 saturated carbocycles. The Morgan fingerprint density at radius 2 is 1.85 bits per heavy atom. The van der Waals surface area contributed by atoms with Crippen molar-refractivity contribution in [3.05, 3.63) is 71.0 Å². The molecule has 34 heavy (non-hydrogen) atoms. The molecule has 3 heterocycles. The molecule has 178 valence electrons. The molecule has 4 rings (SSSR count). The van der Waals surface area contributed by atoms with Crippen LogP contribution in [0.2, 0.25) is 0 Å². The van der Waals surface area contributed by atoms with E-state index >= 15 is 0 Å². The van der Waals surface area contributed by atoms with E-state index in [4.69, 9.17) is 18.4 Å². The summed E-state index contributed by atoms with van der Waals surface area (Å²) in [5.74, 6) is 1.92. The summed E-state index contributed by atoms with van der Waals surface area (Å²) in [6, 6.07) is 8.80. The number of hydrogen-bond acceptors (Lipinski definition) is 7. The second kappa shape index (κ2) is 10.3. The maximum Gasteiger partial charge on any atom is 0.289 e. The number of rotatable bonds is 7. The van der Waals surface area contributed by atoms with Crippen molar-refractivity contribution >= 4 is 17.9 Å². The van der Waals surface area contributed by atoms with Crippen LogP contribution < -0.4 is 9.47 Å². The molecule has 0 aliphatic carbocycles. The zero-order chi connectivity index (χ0) is 24.1. The number of aromatic nitrogens is 1. The van der Waals surface area contributed by atoms with Crippen molar-refractivity contribution in [3.63, 3.8) is 0 Å². The Hall–Kier alpha value is -4.01. The van der Waals surface area contributed by atoms with E-state index in [0.29, 0.717) is 50.0 Å². The normalized spacial score (nSPS) is 14.0. The van der Waals surface area contributed by atoms with Gasteiger partial charge in [-0.2, -0.15) is 0 Å². The van der Waals surface area contributed by atoms with Gasteiger partial charge >= 0.3 is 0 Å². The van der Waals surface area contributed by atoms with Crippen molar-refractivity contribution in [2.75, 3.05) is 33.3 Å². The Balaban J connectivity index is 1.33. The van der Waals surface area contributed by atoms with Crippen LogP contribution in [0.1, 0.15) is 33.1 Å². The SMILES string of the molecule is COc1cc(C=CC(=O)N2CCN(C(=O)c3ccco3)CC2)ccc1OCc1c(C)noc1C. The highest BCUT2D eigenvalue weighted by Gasteiger charge is 2.25. The van der Waals surface area contributed by atoms with Gasteiger partial charge in [0.05, 0.1) is 24.6 Å². The van der Waals surface area contributed by atoms with Crippen LogP contribution in [0.4, 0.5) is 0 Å². The van der Waals surface area contributed by atoms with Gasteiger partial charge in [-0.3, -0.25) is 9.59 Å². The Morgan fingerprint density at radius 1 is 1.09 bits per heavy atom. The molecule has 0 bridgehead atoms. The first-order valence-corrected chi connectivity index (χ1v) is 11.0. The highest BCUT2D eigenvalue weighted by molar-refractivity contribution is 5.93. The van der Waals surface area contributed by atoms with E-state index in [0.717, 1.165) is 22.6 Å². The molecule has 0 radical (unpaired) electrons. The van der Waals surface area contributed by atoms with Gasteiger partial charge in [-0.15, -0.1) is 0 Å². The third-order valence-electron chi connectivity index (χ3n) is 5.77. The van der Waals surface area contributed by atoms with E-state index < -0.39 is 0 Å². The molecular formula is C25H27N3O6. The van der Waals surface area contributed by atoms with Crippen LogP contribution in [0.25, 0.3) is 6.08 Å². The molecule has 1 saturated heterocycles. The summed E-state index contributed by atoms with van der Waals surface area (Å²) in [4.78, 5) is 28.4. The first-order valence-electron chi connectivity index (χ1n) is 11.0. The third-order valence-corrected chi connectivity index (χ3v) is 5.77. The third kappa shape index (κ3) is 5.14. The first kappa shape index (κ1) is 23.2. The summed E-state index contributed by atoms with van der Waals surface area (Å²) in [6.45, 7) is 5.89. The lowest BCUT2D eigenvalue weighted by atomic mass is 10.1. The van der Waals surface area contributed by atoms with Crippen molar-refractivity contribution in [3.8, 4) is 11.5 Å². The number of ether oxygens (including phenoxy) is 2. The van der Waals surface area contributed by atoms with E-state index in [9.17, 15) is 9.59 Å². The smallest absolute Gasteiger partial charge is 0.289 e. The predicted molar refractivity (Wildman–Crippen MR) is 124 cm³/mol. The lowest BCUT2D eigenvalue weighted by Gasteiger charge is -2.33. The number of amides is 2. The number of furan rings is 1. The average Bonchev–Trinajstić information content (AvgIpc) is 3.51. The van der Waals surface area contributed by atoms with Crippen molar-refractivity contribution < 1.29 is 28.0 Å². The van der Waals surface area contributed by atoms with Crippen molar-refractivity contribution in [1.29, 1.82) is 0 Å². The topological polar surface area (TPSA) is 98.2 Å². The van der Waals surface area contributed by atoms with Crippen molar-refractivity contribution in [2.45, 2.75) is 20.5 Å². The summed E-state index contributed by atoms with van der Waals surface area (Å²) in [5, 5.41) is 3.93. The molecule has 2 aromatic heterocycles. The van der Waals surface area contributed by atoms with E-state index in [1.807, 2.05) is 26.0 Å². The highest BCUT2D eigenvalue weighted by Crippen LogP contribution is 2.30. The van der Waals surface area contributed by atoms with Crippen LogP contribution >= 0.6 is 0 Å². The van der Waals surface area contributed by atoms with Gasteiger partial charge in [0.25, 0.3) is 5.91 Å². The molecule has 0 N–H and O–H groups in total. The number of hydrogen-bond donors (Lipinski definition) is 0. The summed E-state index contributed by atoms with van der Waals surface area (Å²) in [7, 11) is 1.57. The van der Waals surface area contributed by atoms with Gasteiger partial charge in [-0.1, -0.05) is 11.2 Å². The Bertz CT molecular complexity index is 1150. The summed E-state index contributed by atoms with van der Waals surface area (Å²) < 4.78 is 21.7. The zero-order valence-electron chi connectivity index (χ0n) is 19.4. The van der Waals surface area contributed by atoms with Gasteiger partial charge in [0.1, 0.15) is 12.4 Å². The number of nitrogens with zero attached hydrogens (tertiary/aromatic N) is 3. The minimum Gasteiger partial charge on any atom is -0.493 e. The molecule has 1 aliphatic heterocycles. The minimum atomic E-state index is -0.156. The van der Waals surface area contributed by atoms with Crippen LogP contribution in [-0.2, 0) is 11.4 Å². The number of carbonyl (C=O) groups excluding carboxylic acids is 2. The molecule has 0 unspecified atom stereocenters. The van der Waals surface area contributed by atoms with Gasteiger partial charge in [-0.25, -0.2) is 0 Å². The van der Waals surface area contributed by atoms with Crippen LogP contribution in [0.5, 0.6) is 11.5 Å². The molecule has 0 spiro atoms. The van der Waals surface area contributed by atoms with Crippen molar-refractivity contribution in [2.24, 2.45) is 0 Å². The molecule has 2 amide bonds. The monoisotopic (exact) mass is 465 g/mol. The first-order chi connectivity index (χ1) is 16.5. The molecule has 9 heteroatoms. The van der Waals surface area contributed by atoms with Gasteiger partial charge in [0.2, 0.25) is 5.91 Å². The molecule has 9 nitrogen and oxygen atoms in total. The second-order valence-electron chi connectivity index (χ2n) is 7.93. The van der Waals surface area contributed by atoms with Crippen LogP contribution in [-0.4, -0.2) is 60.1 Å². The number of aryl methyl sites for hydroxylation is 2. The van der Waals surface area contributed by atoms with Gasteiger partial charge in [0, 0.05) is 32.3 Å². The fourth-order valence-electron chi connectivity index (χ4n) is 3.72. The maximum atomic E-state index is 12.6. The molecule has 1 fully saturated rings. The van der Waals surface area contributed by atoms with Gasteiger partial charge in [0.15, 0.2) is 17.3 Å². The van der Waals surface area contributed by atoms with E-state index in [1.54, 1.807) is 41.2 Å². The molecule has 0 atom stereocenters. The van der Waals surface area contributed by atoms with Gasteiger partial charge in [-0.05, 0) is 49.8 Å². The minimum absolute atomic E-state index is 0.109.